The number of benzene rings is 2. The minimum Gasteiger partial charge on any atom is -0.462 e. The number of amides is 1. The lowest BCUT2D eigenvalue weighted by Gasteiger charge is -2.07. The average Bonchev–Trinajstić information content (AvgIpc) is 3.16. The van der Waals surface area contributed by atoms with Gasteiger partial charge in [-0.05, 0) is 54.8 Å². The lowest BCUT2D eigenvalue weighted by molar-refractivity contribution is -0.142. The predicted octanol–water partition coefficient (Wildman–Crippen LogP) is 2.81. The highest BCUT2D eigenvalue weighted by Crippen LogP contribution is 2.27. The summed E-state index contributed by atoms with van der Waals surface area (Å²) in [6.45, 7) is 4.05. The van der Waals surface area contributed by atoms with Gasteiger partial charge in [0, 0.05) is 12.4 Å². The van der Waals surface area contributed by atoms with Gasteiger partial charge in [-0.25, -0.2) is 8.42 Å². The highest BCUT2D eigenvalue weighted by molar-refractivity contribution is 7.92. The van der Waals surface area contributed by atoms with E-state index in [0.717, 1.165) is 28.5 Å². The monoisotopic (exact) mass is 538 g/mol. The fourth-order valence-corrected chi connectivity index (χ4v) is 4.78. The molecule has 9 nitrogen and oxygen atoms in total. The second kappa shape index (κ2) is 13.4. The van der Waals surface area contributed by atoms with Crippen LogP contribution in [0, 0.1) is 6.92 Å². The fourth-order valence-electron chi connectivity index (χ4n) is 3.35. The quantitative estimate of drug-likeness (QED) is 0.299. The summed E-state index contributed by atoms with van der Waals surface area (Å²) in [5, 5.41) is 9.99. The molecule has 1 heterocycles. The lowest BCUT2D eigenvalue weighted by Crippen LogP contribution is -2.20. The normalized spacial score (nSPS) is 11.1. The van der Waals surface area contributed by atoms with Crippen molar-refractivity contribution in [2.45, 2.75) is 25.2 Å². The molecule has 0 bridgehead atoms. The van der Waals surface area contributed by atoms with Gasteiger partial charge in [-0.3, -0.25) is 9.59 Å². The van der Waals surface area contributed by atoms with Crippen molar-refractivity contribution < 1.29 is 32.6 Å². The molecule has 0 aliphatic carbocycles. The van der Waals surface area contributed by atoms with E-state index in [1.54, 1.807) is 29.8 Å². The number of rotatable bonds is 10. The summed E-state index contributed by atoms with van der Waals surface area (Å²) in [4.78, 5) is 22.7. The van der Waals surface area contributed by atoms with Crippen LogP contribution in [0.25, 0.3) is 10.9 Å². The molecule has 0 aliphatic rings. The van der Waals surface area contributed by atoms with Gasteiger partial charge in [0.25, 0.3) is 5.91 Å². The van der Waals surface area contributed by atoms with E-state index in [9.17, 15) is 18.0 Å². The minimum absolute atomic E-state index is 0.0386. The van der Waals surface area contributed by atoms with Crippen LogP contribution >= 0.6 is 11.6 Å². The molecule has 0 fully saturated rings. The largest absolute Gasteiger partial charge is 0.462 e. The Hall–Kier alpha value is -2.92. The summed E-state index contributed by atoms with van der Waals surface area (Å²) >= 11 is 6.09. The van der Waals surface area contributed by atoms with Crippen molar-refractivity contribution in [1.29, 1.82) is 0 Å². The van der Waals surface area contributed by atoms with Crippen molar-refractivity contribution in [1.82, 2.24) is 4.57 Å². The van der Waals surface area contributed by atoms with E-state index in [1.807, 2.05) is 26.0 Å². The molecule has 3 rings (SSSR count). The number of nitrogens with zero attached hydrogens (tertiary/aromatic N) is 1. The van der Waals surface area contributed by atoms with E-state index in [0.29, 0.717) is 10.7 Å². The second-order valence-electron chi connectivity index (χ2n) is 7.95. The van der Waals surface area contributed by atoms with Crippen molar-refractivity contribution in [2.24, 2.45) is 12.8 Å². The predicted molar refractivity (Wildman–Crippen MR) is 138 cm³/mol. The second-order valence-corrected chi connectivity index (χ2v) is 10.3. The summed E-state index contributed by atoms with van der Waals surface area (Å²) in [6, 6.07) is 12.0. The van der Waals surface area contributed by atoms with Gasteiger partial charge in [-0.2, -0.15) is 0 Å². The number of primary amides is 1. The molecule has 36 heavy (non-hydrogen) atoms. The van der Waals surface area contributed by atoms with Gasteiger partial charge in [0.2, 0.25) is 0 Å². The number of esters is 1. The summed E-state index contributed by atoms with van der Waals surface area (Å²) in [7, 11) is -1.88. The fraction of sp³-hybridized carbons (Fsp3) is 0.360. The standard InChI is InChI=1S/C14H20O6S.C11H11ClN2O/c1-2-12-3-5-13(6-4-12)21(17,18)11-14(16)20-10-9-19-8-7-15;1-6-3-8(12)7-5-10(11(13)15)14(2)9(7)4-6/h3-6,15H,2,7-11H2,1H3;3-5H,1-2H3,(H2,13,15). The van der Waals surface area contributed by atoms with E-state index in [4.69, 9.17) is 31.9 Å². The topological polar surface area (TPSA) is 138 Å². The van der Waals surface area contributed by atoms with Crippen molar-refractivity contribution in [3.05, 3.63) is 64.3 Å². The molecule has 2 aromatic carbocycles. The zero-order chi connectivity index (χ0) is 26.9. The number of aliphatic hydroxyl groups is 1. The minimum atomic E-state index is -3.69. The first-order valence-electron chi connectivity index (χ1n) is 11.2. The van der Waals surface area contributed by atoms with Crippen molar-refractivity contribution in [3.63, 3.8) is 0 Å². The average molecular weight is 539 g/mol. The third kappa shape index (κ3) is 8.06. The van der Waals surface area contributed by atoms with Gasteiger partial charge in [-0.1, -0.05) is 30.7 Å². The molecule has 11 heteroatoms. The molecular formula is C25H31ClN2O7S. The van der Waals surface area contributed by atoms with Crippen LogP contribution in [0.3, 0.4) is 0 Å². The van der Waals surface area contributed by atoms with Crippen LogP contribution in [-0.4, -0.2) is 62.1 Å². The first-order valence-corrected chi connectivity index (χ1v) is 13.2. The van der Waals surface area contributed by atoms with Gasteiger partial charge < -0.3 is 24.9 Å². The smallest absolute Gasteiger partial charge is 0.321 e. The molecule has 3 N–H and O–H groups in total. The first kappa shape index (κ1) is 29.3. The number of fused-ring (bicyclic) bond motifs is 1. The summed E-state index contributed by atoms with van der Waals surface area (Å²) in [5.41, 5.74) is 8.74. The molecule has 0 saturated carbocycles. The Labute approximate surface area is 215 Å². The van der Waals surface area contributed by atoms with Crippen molar-refractivity contribution in [2.75, 3.05) is 32.2 Å². The van der Waals surface area contributed by atoms with Crippen LogP contribution in [-0.2, 0) is 37.6 Å². The van der Waals surface area contributed by atoms with Crippen LogP contribution < -0.4 is 5.73 Å². The van der Waals surface area contributed by atoms with Crippen LogP contribution in [0.5, 0.6) is 0 Å². The Morgan fingerprint density at radius 2 is 1.75 bits per heavy atom. The third-order valence-electron chi connectivity index (χ3n) is 5.23. The molecule has 1 amide bonds. The van der Waals surface area contributed by atoms with Crippen LogP contribution in [0.4, 0.5) is 0 Å². The number of hydrogen-bond acceptors (Lipinski definition) is 7. The number of aliphatic hydroxyl groups excluding tert-OH is 1. The molecule has 1 aromatic heterocycles. The first-order chi connectivity index (χ1) is 17.0. The maximum Gasteiger partial charge on any atom is 0.321 e. The number of nitrogens with two attached hydrogens (primary N) is 1. The number of carbonyl (C=O) groups is 2. The Balaban J connectivity index is 0.000000267. The molecule has 0 aliphatic heterocycles. The number of halogens is 1. The zero-order valence-corrected chi connectivity index (χ0v) is 22.1. The Kier molecular flexibility index (Phi) is 10.9. The molecule has 0 radical (unpaired) electrons. The maximum atomic E-state index is 12.0. The van der Waals surface area contributed by atoms with Crippen molar-refractivity contribution in [3.8, 4) is 0 Å². The molecule has 0 spiro atoms. The molecule has 0 unspecified atom stereocenters. The number of hydrogen-bond donors (Lipinski definition) is 2. The molecule has 0 atom stereocenters. The molecule has 196 valence electrons. The van der Waals surface area contributed by atoms with Gasteiger partial charge >= 0.3 is 5.97 Å². The summed E-state index contributed by atoms with van der Waals surface area (Å²) in [6.07, 6.45) is 0.816. The number of aryl methyl sites for hydroxylation is 3. The number of aromatic nitrogens is 1. The van der Waals surface area contributed by atoms with Crippen LogP contribution in [0.15, 0.2) is 47.4 Å². The molecular weight excluding hydrogens is 508 g/mol. The Morgan fingerprint density at radius 1 is 1.08 bits per heavy atom. The van der Waals surface area contributed by atoms with Gasteiger partial charge in [-0.15, -0.1) is 0 Å². The summed E-state index contributed by atoms with van der Waals surface area (Å²) in [5.74, 6) is -1.96. The Morgan fingerprint density at radius 3 is 2.33 bits per heavy atom. The van der Waals surface area contributed by atoms with Gasteiger partial charge in [0.15, 0.2) is 15.6 Å². The van der Waals surface area contributed by atoms with E-state index in [-0.39, 0.29) is 31.3 Å². The Bertz CT molecular complexity index is 1300. The molecule has 0 saturated heterocycles. The van der Waals surface area contributed by atoms with Crippen molar-refractivity contribution >= 4 is 44.2 Å². The summed E-state index contributed by atoms with van der Waals surface area (Å²) < 4.78 is 35.4. The van der Waals surface area contributed by atoms with Crippen LogP contribution in [0.2, 0.25) is 5.02 Å². The van der Waals surface area contributed by atoms with E-state index < -0.39 is 27.5 Å². The SMILES string of the molecule is CCc1ccc(S(=O)(=O)CC(=O)OCCOCCO)cc1.Cc1cc(Cl)c2cc(C(N)=O)n(C)c2c1. The van der Waals surface area contributed by atoms with Gasteiger partial charge in [0.05, 0.1) is 35.3 Å². The highest BCUT2D eigenvalue weighted by Gasteiger charge is 2.20. The van der Waals surface area contributed by atoms with Gasteiger partial charge in [0.1, 0.15) is 12.3 Å². The van der Waals surface area contributed by atoms with E-state index in [1.165, 1.54) is 12.1 Å². The molecule has 3 aromatic rings. The van der Waals surface area contributed by atoms with E-state index >= 15 is 0 Å². The van der Waals surface area contributed by atoms with E-state index in [2.05, 4.69) is 0 Å². The maximum absolute atomic E-state index is 12.0. The number of carbonyl (C=O) groups excluding carboxylic acids is 2. The van der Waals surface area contributed by atoms with Crippen LogP contribution in [0.1, 0.15) is 28.5 Å². The lowest BCUT2D eigenvalue weighted by atomic mass is 10.2. The third-order valence-corrected chi connectivity index (χ3v) is 7.15. The zero-order valence-electron chi connectivity index (χ0n) is 20.5. The highest BCUT2D eigenvalue weighted by atomic mass is 35.5. The number of sulfone groups is 1. The number of ether oxygens (including phenoxy) is 2.